The Bertz CT molecular complexity index is 803. The molecule has 0 radical (unpaired) electrons. The van der Waals surface area contributed by atoms with Crippen LogP contribution < -0.4 is 5.32 Å². The van der Waals surface area contributed by atoms with Crippen molar-refractivity contribution in [3.05, 3.63) is 23.8 Å². The number of amides is 2. The molecule has 2 rings (SSSR count). The van der Waals surface area contributed by atoms with Gasteiger partial charge in [-0.15, -0.1) is 0 Å². The van der Waals surface area contributed by atoms with Crippen molar-refractivity contribution in [1.82, 2.24) is 9.21 Å². The van der Waals surface area contributed by atoms with Gasteiger partial charge in [0.25, 0.3) is 0 Å². The molecule has 1 aliphatic rings. The van der Waals surface area contributed by atoms with E-state index in [2.05, 4.69) is 5.32 Å². The molecule has 0 unspecified atom stereocenters. The van der Waals surface area contributed by atoms with Crippen molar-refractivity contribution in [2.45, 2.75) is 44.6 Å². The van der Waals surface area contributed by atoms with Crippen LogP contribution in [0.2, 0.25) is 0 Å². The Balaban J connectivity index is 2.31. The van der Waals surface area contributed by atoms with Crippen LogP contribution in [0.5, 0.6) is 0 Å². The molecule has 1 fully saturated rings. The van der Waals surface area contributed by atoms with Crippen LogP contribution in [0.25, 0.3) is 0 Å². The van der Waals surface area contributed by atoms with E-state index in [0.29, 0.717) is 18.7 Å². The molecular weight excluding hydrogens is 354 g/mol. The maximum Gasteiger partial charge on any atom is 0.247 e. The summed E-state index contributed by atoms with van der Waals surface area (Å²) in [5.41, 5.74) is 1.20. The van der Waals surface area contributed by atoms with E-state index in [1.54, 1.807) is 17.9 Å². The van der Waals surface area contributed by atoms with Gasteiger partial charge in [0.05, 0.1) is 4.90 Å². The monoisotopic (exact) mass is 381 g/mol. The summed E-state index contributed by atoms with van der Waals surface area (Å²) >= 11 is 0. The van der Waals surface area contributed by atoms with E-state index in [1.165, 1.54) is 26.2 Å². The molecule has 1 atom stereocenters. The first-order valence-corrected chi connectivity index (χ1v) is 10.1. The topological polar surface area (TPSA) is 86.8 Å². The summed E-state index contributed by atoms with van der Waals surface area (Å²) in [7, 11) is -0.676. The number of aryl methyl sites for hydroxylation is 1. The van der Waals surface area contributed by atoms with Crippen molar-refractivity contribution in [3.8, 4) is 0 Å². The molecule has 1 saturated heterocycles. The van der Waals surface area contributed by atoms with Crippen LogP contribution in [0.15, 0.2) is 23.1 Å². The molecule has 0 aliphatic carbocycles. The van der Waals surface area contributed by atoms with Gasteiger partial charge in [0, 0.05) is 32.7 Å². The third-order valence-electron chi connectivity index (χ3n) is 4.59. The highest BCUT2D eigenvalue weighted by molar-refractivity contribution is 7.89. The minimum absolute atomic E-state index is 0.0143. The van der Waals surface area contributed by atoms with E-state index in [0.717, 1.165) is 16.3 Å². The van der Waals surface area contributed by atoms with Crippen LogP contribution in [0.3, 0.4) is 0 Å². The van der Waals surface area contributed by atoms with E-state index < -0.39 is 16.1 Å². The Hall–Kier alpha value is -1.93. The van der Waals surface area contributed by atoms with Gasteiger partial charge in [-0.1, -0.05) is 19.9 Å². The maximum atomic E-state index is 12.9. The number of anilines is 1. The fourth-order valence-corrected chi connectivity index (χ4v) is 4.01. The summed E-state index contributed by atoms with van der Waals surface area (Å²) in [6.07, 6.45) is 1.22. The highest BCUT2D eigenvalue weighted by atomic mass is 32.2. The van der Waals surface area contributed by atoms with E-state index in [4.69, 9.17) is 0 Å². The molecule has 1 aliphatic heterocycles. The van der Waals surface area contributed by atoms with Crippen LogP contribution in [-0.4, -0.2) is 56.1 Å². The summed E-state index contributed by atoms with van der Waals surface area (Å²) in [6.45, 7) is 6.17. The minimum atomic E-state index is -3.60. The van der Waals surface area contributed by atoms with Crippen molar-refractivity contribution >= 4 is 27.5 Å². The van der Waals surface area contributed by atoms with E-state index >= 15 is 0 Å². The Labute approximate surface area is 155 Å². The first kappa shape index (κ1) is 20.4. The first-order valence-electron chi connectivity index (χ1n) is 8.69. The van der Waals surface area contributed by atoms with Crippen LogP contribution in [0.4, 0.5) is 5.69 Å². The lowest BCUT2D eigenvalue weighted by Gasteiger charge is -2.30. The van der Waals surface area contributed by atoms with Crippen molar-refractivity contribution < 1.29 is 18.0 Å². The third kappa shape index (κ3) is 4.07. The van der Waals surface area contributed by atoms with E-state index in [9.17, 15) is 18.0 Å². The number of hydrogen-bond acceptors (Lipinski definition) is 4. The van der Waals surface area contributed by atoms with Crippen LogP contribution in [0.1, 0.15) is 32.3 Å². The SMILES string of the molecule is Cc1ccc(S(=O)(=O)N(C)C)cc1NC(=O)[C@H](C(C)C)N1CCCC1=O. The Morgan fingerprint density at radius 2 is 1.92 bits per heavy atom. The van der Waals surface area contributed by atoms with Gasteiger partial charge in [0.2, 0.25) is 21.8 Å². The van der Waals surface area contributed by atoms with Crippen LogP contribution >= 0.6 is 0 Å². The lowest BCUT2D eigenvalue weighted by atomic mass is 10.0. The number of carbonyl (C=O) groups is 2. The predicted octanol–water partition coefficient (Wildman–Crippen LogP) is 1.83. The van der Waals surface area contributed by atoms with E-state index in [1.807, 2.05) is 13.8 Å². The van der Waals surface area contributed by atoms with Gasteiger partial charge in [-0.3, -0.25) is 9.59 Å². The molecule has 8 heteroatoms. The second-order valence-electron chi connectivity index (χ2n) is 7.13. The van der Waals surface area contributed by atoms with Gasteiger partial charge in [-0.05, 0) is 37.0 Å². The predicted molar refractivity (Wildman–Crippen MR) is 100 cm³/mol. The van der Waals surface area contributed by atoms with Crippen molar-refractivity contribution in [1.29, 1.82) is 0 Å². The lowest BCUT2D eigenvalue weighted by molar-refractivity contribution is -0.136. The van der Waals surface area contributed by atoms with Crippen molar-refractivity contribution in [2.24, 2.45) is 5.92 Å². The van der Waals surface area contributed by atoms with Gasteiger partial charge < -0.3 is 10.2 Å². The quantitative estimate of drug-likeness (QED) is 0.814. The van der Waals surface area contributed by atoms with E-state index in [-0.39, 0.29) is 22.6 Å². The van der Waals surface area contributed by atoms with Gasteiger partial charge in [0.1, 0.15) is 6.04 Å². The number of sulfonamides is 1. The molecule has 144 valence electrons. The first-order chi connectivity index (χ1) is 12.1. The largest absolute Gasteiger partial charge is 0.330 e. The Morgan fingerprint density at radius 3 is 2.42 bits per heavy atom. The zero-order valence-electron chi connectivity index (χ0n) is 15.9. The summed E-state index contributed by atoms with van der Waals surface area (Å²) in [5.74, 6) is -0.358. The molecular formula is C18H27N3O4S. The Kier molecular flexibility index (Phi) is 6.08. The van der Waals surface area contributed by atoms with Gasteiger partial charge in [0.15, 0.2) is 0 Å². The number of benzene rings is 1. The highest BCUT2D eigenvalue weighted by Gasteiger charge is 2.35. The highest BCUT2D eigenvalue weighted by Crippen LogP contribution is 2.25. The fraction of sp³-hybridized carbons (Fsp3) is 0.556. The summed E-state index contributed by atoms with van der Waals surface area (Å²) < 4.78 is 25.8. The molecule has 1 aromatic carbocycles. The van der Waals surface area contributed by atoms with Crippen LogP contribution in [-0.2, 0) is 19.6 Å². The smallest absolute Gasteiger partial charge is 0.247 e. The fourth-order valence-electron chi connectivity index (χ4n) is 3.08. The molecule has 26 heavy (non-hydrogen) atoms. The van der Waals surface area contributed by atoms with Crippen molar-refractivity contribution in [2.75, 3.05) is 26.0 Å². The number of nitrogens with one attached hydrogen (secondary N) is 1. The summed E-state index contributed by atoms with van der Waals surface area (Å²) in [6, 6.07) is 4.08. The van der Waals surface area contributed by atoms with Crippen LogP contribution in [0, 0.1) is 12.8 Å². The lowest BCUT2D eigenvalue weighted by Crippen LogP contribution is -2.48. The molecule has 1 heterocycles. The summed E-state index contributed by atoms with van der Waals surface area (Å²) in [4.78, 5) is 26.7. The molecule has 1 N–H and O–H groups in total. The number of likely N-dealkylation sites (tertiary alicyclic amines) is 1. The molecule has 0 bridgehead atoms. The zero-order chi connectivity index (χ0) is 19.6. The normalized spacial score (nSPS) is 16.4. The van der Waals surface area contributed by atoms with Gasteiger partial charge >= 0.3 is 0 Å². The maximum absolute atomic E-state index is 12.9. The third-order valence-corrected chi connectivity index (χ3v) is 6.40. The van der Waals surface area contributed by atoms with Gasteiger partial charge in [-0.25, -0.2) is 12.7 Å². The summed E-state index contributed by atoms with van der Waals surface area (Å²) in [5, 5.41) is 2.82. The zero-order valence-corrected chi connectivity index (χ0v) is 16.8. The number of rotatable bonds is 6. The second-order valence-corrected chi connectivity index (χ2v) is 9.28. The molecule has 0 aromatic heterocycles. The number of carbonyl (C=O) groups excluding carboxylic acids is 2. The average molecular weight is 381 g/mol. The number of nitrogens with zero attached hydrogens (tertiary/aromatic N) is 2. The molecule has 7 nitrogen and oxygen atoms in total. The average Bonchev–Trinajstić information content (AvgIpc) is 2.94. The minimum Gasteiger partial charge on any atom is -0.330 e. The molecule has 0 saturated carbocycles. The Morgan fingerprint density at radius 1 is 1.27 bits per heavy atom. The standard InChI is InChI=1S/C18H27N3O4S/c1-12(2)17(21-10-6-7-16(21)22)18(23)19-15-11-14(9-8-13(15)3)26(24,25)20(4)5/h8-9,11-12,17H,6-7,10H2,1-5H3,(H,19,23)/t17-/m0/s1. The molecule has 1 aromatic rings. The molecule has 2 amide bonds. The second kappa shape index (κ2) is 7.75. The van der Waals surface area contributed by atoms with Gasteiger partial charge in [-0.2, -0.15) is 0 Å². The number of hydrogen-bond donors (Lipinski definition) is 1. The molecule has 0 spiro atoms. The van der Waals surface area contributed by atoms with Crippen molar-refractivity contribution in [3.63, 3.8) is 0 Å².